The summed E-state index contributed by atoms with van der Waals surface area (Å²) in [7, 11) is 0. The number of hydrogen-bond donors (Lipinski definition) is 0. The molecule has 94 valence electrons. The van der Waals surface area contributed by atoms with Crippen molar-refractivity contribution in [3.05, 3.63) is 40.8 Å². The molecule has 18 heavy (non-hydrogen) atoms. The van der Waals surface area contributed by atoms with Gasteiger partial charge in [0.05, 0.1) is 12.2 Å². The van der Waals surface area contributed by atoms with Crippen LogP contribution < -0.4 is 5.69 Å². The van der Waals surface area contributed by atoms with Gasteiger partial charge in [0.1, 0.15) is 0 Å². The van der Waals surface area contributed by atoms with Gasteiger partial charge in [0, 0.05) is 0 Å². The first kappa shape index (κ1) is 11.2. The second kappa shape index (κ2) is 4.76. The Bertz CT molecular complexity index is 566. The van der Waals surface area contributed by atoms with E-state index < -0.39 is 0 Å². The van der Waals surface area contributed by atoms with Gasteiger partial charge in [-0.05, 0) is 41.3 Å². The first-order chi connectivity index (χ1) is 8.84. The average molecular weight is 244 g/mol. The van der Waals surface area contributed by atoms with E-state index in [-0.39, 0.29) is 5.69 Å². The van der Waals surface area contributed by atoms with Crippen LogP contribution in [0.2, 0.25) is 0 Å². The van der Waals surface area contributed by atoms with E-state index in [1.54, 1.807) is 0 Å². The molecule has 0 bridgehead atoms. The molecular weight excluding hydrogens is 228 g/mol. The van der Waals surface area contributed by atoms with E-state index in [9.17, 15) is 4.79 Å². The third kappa shape index (κ3) is 2.08. The minimum Gasteiger partial charge on any atom is -0.244 e. The summed E-state index contributed by atoms with van der Waals surface area (Å²) in [6.07, 6.45) is 4.94. The lowest BCUT2D eigenvalue weighted by Crippen LogP contribution is -2.26. The van der Waals surface area contributed by atoms with Gasteiger partial charge in [-0.3, -0.25) is 0 Å². The van der Waals surface area contributed by atoms with Gasteiger partial charge >= 0.3 is 5.69 Å². The quantitative estimate of drug-likeness (QED) is 0.824. The maximum absolute atomic E-state index is 12.2. The van der Waals surface area contributed by atoms with Crippen LogP contribution in [-0.4, -0.2) is 19.8 Å². The molecule has 0 unspecified atom stereocenters. The van der Waals surface area contributed by atoms with Crippen molar-refractivity contribution in [2.75, 3.05) is 0 Å². The zero-order valence-electron chi connectivity index (χ0n) is 10.2. The maximum atomic E-state index is 12.2. The smallest absolute Gasteiger partial charge is 0.244 e. The summed E-state index contributed by atoms with van der Waals surface area (Å²) in [6, 6.07) is 9.40. The Labute approximate surface area is 105 Å². The second-order valence-corrected chi connectivity index (χ2v) is 4.84. The Kier molecular flexibility index (Phi) is 2.96. The van der Waals surface area contributed by atoms with Gasteiger partial charge in [-0.25, -0.2) is 4.79 Å². The van der Waals surface area contributed by atoms with Crippen LogP contribution in [-0.2, 0) is 6.54 Å². The Morgan fingerprint density at radius 2 is 1.83 bits per heavy atom. The lowest BCUT2D eigenvalue weighted by molar-refractivity contribution is 0.414. The molecule has 1 fully saturated rings. The number of tetrazole rings is 1. The zero-order valence-corrected chi connectivity index (χ0v) is 10.2. The van der Waals surface area contributed by atoms with Crippen LogP contribution >= 0.6 is 0 Å². The van der Waals surface area contributed by atoms with Crippen molar-refractivity contribution < 1.29 is 0 Å². The Balaban J connectivity index is 1.86. The van der Waals surface area contributed by atoms with Crippen LogP contribution in [0.3, 0.4) is 0 Å². The minimum absolute atomic E-state index is 0.145. The lowest BCUT2D eigenvalue weighted by atomic mass is 10.1. The summed E-state index contributed by atoms with van der Waals surface area (Å²) in [5.74, 6) is 0.587. The molecular formula is C13H16N4O. The van der Waals surface area contributed by atoms with Crippen molar-refractivity contribution >= 4 is 0 Å². The normalized spacial score (nSPS) is 16.2. The Hall–Kier alpha value is -1.91. The first-order valence-corrected chi connectivity index (χ1v) is 6.43. The van der Waals surface area contributed by atoms with Crippen molar-refractivity contribution in [3.63, 3.8) is 0 Å². The summed E-state index contributed by atoms with van der Waals surface area (Å²) in [5, 5.41) is 7.92. The fourth-order valence-corrected chi connectivity index (χ4v) is 2.56. The molecule has 0 aliphatic heterocycles. The van der Waals surface area contributed by atoms with Gasteiger partial charge in [-0.1, -0.05) is 31.0 Å². The van der Waals surface area contributed by atoms with E-state index >= 15 is 0 Å². The molecule has 1 aliphatic carbocycles. The highest BCUT2D eigenvalue weighted by atomic mass is 16.2. The van der Waals surface area contributed by atoms with Crippen LogP contribution in [0.15, 0.2) is 35.1 Å². The zero-order chi connectivity index (χ0) is 12.4. The molecule has 5 nitrogen and oxygen atoms in total. The predicted octanol–water partition coefficient (Wildman–Crippen LogP) is 1.62. The SMILES string of the molecule is O=c1n(CC2CCCC2)nnn1-c1ccccc1. The van der Waals surface area contributed by atoms with Crippen LogP contribution in [0, 0.1) is 5.92 Å². The molecule has 1 saturated carbocycles. The monoisotopic (exact) mass is 244 g/mol. The van der Waals surface area contributed by atoms with Crippen LogP contribution in [0.25, 0.3) is 5.69 Å². The standard InChI is InChI=1S/C13H16N4O/c18-13-16(10-11-6-4-5-7-11)14-15-17(13)12-8-2-1-3-9-12/h1-3,8-9,11H,4-7,10H2. The van der Waals surface area contributed by atoms with Gasteiger partial charge in [0.15, 0.2) is 0 Å². The maximum Gasteiger partial charge on any atom is 0.368 e. The number of nitrogens with zero attached hydrogens (tertiary/aromatic N) is 4. The van der Waals surface area contributed by atoms with Crippen molar-refractivity contribution in [1.82, 2.24) is 19.8 Å². The minimum atomic E-state index is -0.145. The number of aromatic nitrogens is 4. The predicted molar refractivity (Wildman–Crippen MR) is 67.6 cm³/mol. The largest absolute Gasteiger partial charge is 0.368 e. The molecule has 1 aliphatic rings. The van der Waals surface area contributed by atoms with Crippen LogP contribution in [0.5, 0.6) is 0 Å². The van der Waals surface area contributed by atoms with Gasteiger partial charge in [0.25, 0.3) is 0 Å². The molecule has 0 N–H and O–H groups in total. The molecule has 1 aromatic heterocycles. The molecule has 0 amide bonds. The van der Waals surface area contributed by atoms with E-state index in [1.807, 2.05) is 30.3 Å². The summed E-state index contributed by atoms with van der Waals surface area (Å²) in [6.45, 7) is 0.700. The van der Waals surface area contributed by atoms with E-state index in [4.69, 9.17) is 0 Å². The summed E-state index contributed by atoms with van der Waals surface area (Å²) in [5.41, 5.74) is 0.619. The highest BCUT2D eigenvalue weighted by Gasteiger charge is 2.18. The van der Waals surface area contributed by atoms with Gasteiger partial charge in [-0.15, -0.1) is 0 Å². The van der Waals surface area contributed by atoms with Crippen molar-refractivity contribution in [3.8, 4) is 5.69 Å². The second-order valence-electron chi connectivity index (χ2n) is 4.84. The van der Waals surface area contributed by atoms with Crippen molar-refractivity contribution in [1.29, 1.82) is 0 Å². The van der Waals surface area contributed by atoms with Crippen LogP contribution in [0.1, 0.15) is 25.7 Å². The highest BCUT2D eigenvalue weighted by Crippen LogP contribution is 2.25. The molecule has 0 radical (unpaired) electrons. The number of hydrogen-bond acceptors (Lipinski definition) is 3. The molecule has 0 atom stereocenters. The highest BCUT2D eigenvalue weighted by molar-refractivity contribution is 5.28. The van der Waals surface area contributed by atoms with Gasteiger partial charge in [-0.2, -0.15) is 9.36 Å². The summed E-state index contributed by atoms with van der Waals surface area (Å²) >= 11 is 0. The van der Waals surface area contributed by atoms with E-state index in [2.05, 4.69) is 10.4 Å². The van der Waals surface area contributed by atoms with Gasteiger partial charge < -0.3 is 0 Å². The molecule has 0 saturated heterocycles. The summed E-state index contributed by atoms with van der Waals surface area (Å²) in [4.78, 5) is 12.2. The van der Waals surface area contributed by atoms with E-state index in [0.717, 1.165) is 5.69 Å². The third-order valence-corrected chi connectivity index (χ3v) is 3.55. The Morgan fingerprint density at radius 3 is 2.56 bits per heavy atom. The van der Waals surface area contributed by atoms with Crippen molar-refractivity contribution in [2.45, 2.75) is 32.2 Å². The molecule has 2 aromatic rings. The van der Waals surface area contributed by atoms with Crippen LogP contribution in [0.4, 0.5) is 0 Å². The van der Waals surface area contributed by atoms with E-state index in [0.29, 0.717) is 12.5 Å². The number of benzene rings is 1. The molecule has 3 rings (SSSR count). The number of para-hydroxylation sites is 1. The molecule has 1 aromatic carbocycles. The third-order valence-electron chi connectivity index (χ3n) is 3.55. The fourth-order valence-electron chi connectivity index (χ4n) is 2.56. The number of rotatable bonds is 3. The molecule has 0 spiro atoms. The molecule has 5 heteroatoms. The fraction of sp³-hybridized carbons (Fsp3) is 0.462. The molecule has 1 heterocycles. The topological polar surface area (TPSA) is 52.7 Å². The Morgan fingerprint density at radius 1 is 1.11 bits per heavy atom. The van der Waals surface area contributed by atoms with Crippen molar-refractivity contribution in [2.24, 2.45) is 5.92 Å². The average Bonchev–Trinajstić information content (AvgIpc) is 3.03. The first-order valence-electron chi connectivity index (χ1n) is 6.43. The van der Waals surface area contributed by atoms with Gasteiger partial charge in [0.2, 0.25) is 0 Å². The summed E-state index contributed by atoms with van der Waals surface area (Å²) < 4.78 is 2.85. The lowest BCUT2D eigenvalue weighted by Gasteiger charge is -2.05. The van der Waals surface area contributed by atoms with E-state index in [1.165, 1.54) is 35.0 Å².